The fourth-order valence-electron chi connectivity index (χ4n) is 1.96. The number of ether oxygens (including phenoxy) is 2. The lowest BCUT2D eigenvalue weighted by molar-refractivity contribution is -0.0729. The monoisotopic (exact) mass is 297 g/mol. The van der Waals surface area contributed by atoms with Crippen LogP contribution in [-0.2, 0) is 22.7 Å². The second kappa shape index (κ2) is 8.96. The van der Waals surface area contributed by atoms with Gasteiger partial charge in [-0.1, -0.05) is 60.7 Å². The first kappa shape index (κ1) is 16.2. The molecule has 4 heteroatoms. The summed E-state index contributed by atoms with van der Waals surface area (Å²) in [5, 5.41) is 18.6. The van der Waals surface area contributed by atoms with Crippen molar-refractivity contribution in [3.05, 3.63) is 71.8 Å². The molecule has 0 heterocycles. The standard InChI is InChI=1S/C18H19NO3/c19-11-17(20)18(22-13-16-9-5-2-6-10-16)14-21-12-15-7-3-1-4-8-15/h1-10,17-18,20H,12-14H2/t17-,18-/m1/s1. The molecule has 114 valence electrons. The van der Waals surface area contributed by atoms with E-state index in [-0.39, 0.29) is 6.61 Å². The van der Waals surface area contributed by atoms with Crippen LogP contribution in [-0.4, -0.2) is 23.9 Å². The molecule has 2 rings (SSSR count). The van der Waals surface area contributed by atoms with Gasteiger partial charge in [0, 0.05) is 0 Å². The molecule has 0 unspecified atom stereocenters. The lowest BCUT2D eigenvalue weighted by atomic mass is 10.2. The lowest BCUT2D eigenvalue weighted by Crippen LogP contribution is -2.32. The highest BCUT2D eigenvalue weighted by molar-refractivity contribution is 5.14. The summed E-state index contributed by atoms with van der Waals surface area (Å²) in [5.41, 5.74) is 2.02. The quantitative estimate of drug-likeness (QED) is 0.761. The number of aliphatic hydroxyl groups is 1. The number of benzene rings is 2. The normalized spacial score (nSPS) is 13.3. The Morgan fingerprint density at radius 1 is 0.909 bits per heavy atom. The van der Waals surface area contributed by atoms with E-state index in [2.05, 4.69) is 0 Å². The summed E-state index contributed by atoms with van der Waals surface area (Å²) in [6.45, 7) is 0.916. The molecule has 0 amide bonds. The molecule has 0 aromatic heterocycles. The third-order valence-electron chi connectivity index (χ3n) is 3.19. The van der Waals surface area contributed by atoms with Crippen molar-refractivity contribution in [2.45, 2.75) is 25.4 Å². The highest BCUT2D eigenvalue weighted by Gasteiger charge is 2.20. The zero-order valence-corrected chi connectivity index (χ0v) is 12.3. The molecule has 0 spiro atoms. The molecule has 0 radical (unpaired) electrons. The van der Waals surface area contributed by atoms with Gasteiger partial charge < -0.3 is 14.6 Å². The highest BCUT2D eigenvalue weighted by atomic mass is 16.5. The van der Waals surface area contributed by atoms with Crippen molar-refractivity contribution >= 4 is 0 Å². The number of hydrogen-bond acceptors (Lipinski definition) is 4. The van der Waals surface area contributed by atoms with Gasteiger partial charge in [-0.3, -0.25) is 0 Å². The zero-order chi connectivity index (χ0) is 15.6. The van der Waals surface area contributed by atoms with Gasteiger partial charge in [-0.05, 0) is 11.1 Å². The molecule has 22 heavy (non-hydrogen) atoms. The van der Waals surface area contributed by atoms with Crippen molar-refractivity contribution in [2.24, 2.45) is 0 Å². The molecule has 0 aliphatic rings. The maximum Gasteiger partial charge on any atom is 0.168 e. The topological polar surface area (TPSA) is 62.5 Å². The molecule has 0 aliphatic carbocycles. The number of aliphatic hydroxyl groups excluding tert-OH is 1. The minimum atomic E-state index is -1.21. The molecular formula is C18H19NO3. The van der Waals surface area contributed by atoms with E-state index in [1.165, 1.54) is 0 Å². The van der Waals surface area contributed by atoms with Crippen LogP contribution in [0, 0.1) is 11.3 Å². The van der Waals surface area contributed by atoms with E-state index in [1.54, 1.807) is 6.07 Å². The third kappa shape index (κ3) is 5.30. The minimum Gasteiger partial charge on any atom is -0.375 e. The summed E-state index contributed by atoms with van der Waals surface area (Å²) in [6.07, 6.45) is -1.88. The Bertz CT molecular complexity index is 580. The van der Waals surface area contributed by atoms with Crippen LogP contribution in [0.5, 0.6) is 0 Å². The molecule has 0 saturated heterocycles. The average molecular weight is 297 g/mol. The van der Waals surface area contributed by atoms with Crippen molar-refractivity contribution in [1.29, 1.82) is 5.26 Å². The molecule has 2 atom stereocenters. The molecule has 0 fully saturated rings. The first-order valence-electron chi connectivity index (χ1n) is 7.14. The van der Waals surface area contributed by atoms with Gasteiger partial charge in [-0.25, -0.2) is 0 Å². The maximum atomic E-state index is 9.73. The zero-order valence-electron chi connectivity index (χ0n) is 12.3. The Hall–Kier alpha value is -2.19. The van der Waals surface area contributed by atoms with E-state index in [9.17, 15) is 5.11 Å². The van der Waals surface area contributed by atoms with Crippen molar-refractivity contribution in [2.75, 3.05) is 6.61 Å². The molecule has 0 saturated carbocycles. The minimum absolute atomic E-state index is 0.163. The highest BCUT2D eigenvalue weighted by Crippen LogP contribution is 2.08. The van der Waals surface area contributed by atoms with Gasteiger partial charge in [0.25, 0.3) is 0 Å². The van der Waals surface area contributed by atoms with Crippen LogP contribution >= 0.6 is 0 Å². The lowest BCUT2D eigenvalue weighted by Gasteiger charge is -2.19. The third-order valence-corrected chi connectivity index (χ3v) is 3.19. The smallest absolute Gasteiger partial charge is 0.168 e. The summed E-state index contributed by atoms with van der Waals surface area (Å²) in [7, 11) is 0. The van der Waals surface area contributed by atoms with Gasteiger partial charge in [0.1, 0.15) is 6.10 Å². The largest absolute Gasteiger partial charge is 0.375 e. The van der Waals surface area contributed by atoms with E-state index in [0.29, 0.717) is 13.2 Å². The van der Waals surface area contributed by atoms with Crippen LogP contribution in [0.1, 0.15) is 11.1 Å². The molecule has 2 aromatic carbocycles. The summed E-state index contributed by atoms with van der Waals surface area (Å²) < 4.78 is 11.2. The van der Waals surface area contributed by atoms with Crippen molar-refractivity contribution in [3.63, 3.8) is 0 Å². The van der Waals surface area contributed by atoms with Gasteiger partial charge in [-0.15, -0.1) is 0 Å². The van der Waals surface area contributed by atoms with E-state index in [1.807, 2.05) is 60.7 Å². The number of rotatable bonds is 8. The van der Waals surface area contributed by atoms with Crippen LogP contribution in [0.25, 0.3) is 0 Å². The van der Waals surface area contributed by atoms with Crippen LogP contribution in [0.4, 0.5) is 0 Å². The van der Waals surface area contributed by atoms with Crippen LogP contribution in [0.15, 0.2) is 60.7 Å². The Balaban J connectivity index is 1.83. The number of nitrogens with zero attached hydrogens (tertiary/aromatic N) is 1. The fraction of sp³-hybridized carbons (Fsp3) is 0.278. The fourth-order valence-corrected chi connectivity index (χ4v) is 1.96. The molecule has 0 bridgehead atoms. The van der Waals surface area contributed by atoms with Gasteiger partial charge in [0.15, 0.2) is 6.10 Å². The maximum absolute atomic E-state index is 9.73. The number of hydrogen-bond donors (Lipinski definition) is 1. The Morgan fingerprint density at radius 2 is 1.45 bits per heavy atom. The summed E-state index contributed by atoms with van der Waals surface area (Å²) in [6, 6.07) is 21.2. The van der Waals surface area contributed by atoms with E-state index in [0.717, 1.165) is 11.1 Å². The van der Waals surface area contributed by atoms with Crippen LogP contribution < -0.4 is 0 Å². The second-order valence-corrected chi connectivity index (χ2v) is 4.91. The Kier molecular flexibility index (Phi) is 6.59. The Morgan fingerprint density at radius 3 is 2.00 bits per heavy atom. The van der Waals surface area contributed by atoms with Gasteiger partial charge in [-0.2, -0.15) is 5.26 Å². The van der Waals surface area contributed by atoms with Crippen LogP contribution in [0.2, 0.25) is 0 Å². The first-order chi connectivity index (χ1) is 10.8. The SMILES string of the molecule is N#C[C@@H](O)[C@@H](COCc1ccccc1)OCc1ccccc1. The van der Waals surface area contributed by atoms with E-state index < -0.39 is 12.2 Å². The molecule has 0 aliphatic heterocycles. The van der Waals surface area contributed by atoms with E-state index in [4.69, 9.17) is 14.7 Å². The summed E-state index contributed by atoms with van der Waals surface area (Å²) in [5.74, 6) is 0. The summed E-state index contributed by atoms with van der Waals surface area (Å²) in [4.78, 5) is 0. The van der Waals surface area contributed by atoms with Crippen LogP contribution in [0.3, 0.4) is 0 Å². The van der Waals surface area contributed by atoms with Crippen molar-refractivity contribution in [3.8, 4) is 6.07 Å². The van der Waals surface area contributed by atoms with Gasteiger partial charge in [0.2, 0.25) is 0 Å². The Labute approximate surface area is 130 Å². The van der Waals surface area contributed by atoms with Crippen molar-refractivity contribution < 1.29 is 14.6 Å². The van der Waals surface area contributed by atoms with E-state index >= 15 is 0 Å². The summed E-state index contributed by atoms with van der Waals surface area (Å²) >= 11 is 0. The molecule has 1 N–H and O–H groups in total. The second-order valence-electron chi connectivity index (χ2n) is 4.91. The predicted molar refractivity (Wildman–Crippen MR) is 82.7 cm³/mol. The van der Waals surface area contributed by atoms with Gasteiger partial charge >= 0.3 is 0 Å². The van der Waals surface area contributed by atoms with Gasteiger partial charge in [0.05, 0.1) is 25.9 Å². The molecule has 4 nitrogen and oxygen atoms in total. The molecular weight excluding hydrogens is 278 g/mol. The first-order valence-corrected chi connectivity index (χ1v) is 7.14. The molecule has 2 aromatic rings. The average Bonchev–Trinajstić information content (AvgIpc) is 2.59. The van der Waals surface area contributed by atoms with Crippen molar-refractivity contribution in [1.82, 2.24) is 0 Å². The number of nitriles is 1. The predicted octanol–water partition coefficient (Wildman–Crippen LogP) is 2.67.